The standard InChI is InChI=1S/C29H56O6.C22H32O6/c1-5-32-23-24-34-26-25-33-22-18-20-27(30)19-16-14-12-10-8-6-7-9-11-13-15-17-21-28(31)35-29(2,3)4;1-5-26-14-13-19(23)15-18(21(25)28-22(2,3)4)11-12-20(24)27-16-17-9-7-6-8-10-17/h5-26H2,1-4H3;6-10,18H,5,11-16H2,1-4H3. The second kappa shape index (κ2) is 39.2. The lowest BCUT2D eigenvalue weighted by atomic mass is 9.95. The number of unbranched alkanes of at least 4 members (excludes halogenated alkanes) is 11. The highest BCUT2D eigenvalue weighted by atomic mass is 16.6. The van der Waals surface area contributed by atoms with Crippen LogP contribution in [0, 0.1) is 5.92 Å². The van der Waals surface area contributed by atoms with Gasteiger partial charge in [0, 0.05) is 58.3 Å². The molecule has 63 heavy (non-hydrogen) atoms. The Labute approximate surface area is 381 Å². The fourth-order valence-corrected chi connectivity index (χ4v) is 6.33. The SMILES string of the molecule is CCOCCC(=O)CC(CCC(=O)OCc1ccccc1)C(=O)OC(C)(C)C.CCOCCOCCOCCCC(=O)CCCCCCCCCCCCCCC(=O)OC(C)(C)C. The Kier molecular flexibility index (Phi) is 37.2. The lowest BCUT2D eigenvalue weighted by Crippen LogP contribution is -2.30. The molecule has 0 fully saturated rings. The lowest BCUT2D eigenvalue weighted by Gasteiger charge is -2.23. The lowest BCUT2D eigenvalue weighted by molar-refractivity contribution is -0.162. The Morgan fingerprint density at radius 3 is 1.49 bits per heavy atom. The second-order valence-corrected chi connectivity index (χ2v) is 18.0. The highest BCUT2D eigenvalue weighted by molar-refractivity contribution is 5.85. The van der Waals surface area contributed by atoms with Crippen LogP contribution in [0.5, 0.6) is 0 Å². The van der Waals surface area contributed by atoms with Crippen LogP contribution >= 0.6 is 0 Å². The number of hydrogen-bond donors (Lipinski definition) is 0. The molecule has 12 heteroatoms. The van der Waals surface area contributed by atoms with E-state index in [1.807, 2.05) is 65.0 Å². The molecule has 0 saturated heterocycles. The van der Waals surface area contributed by atoms with Gasteiger partial charge in [-0.05, 0) is 86.6 Å². The van der Waals surface area contributed by atoms with Crippen LogP contribution in [-0.2, 0) is 63.7 Å². The average molecular weight is 893 g/mol. The molecule has 0 aliphatic heterocycles. The van der Waals surface area contributed by atoms with Gasteiger partial charge in [-0.15, -0.1) is 0 Å². The van der Waals surface area contributed by atoms with Crippen molar-refractivity contribution < 1.29 is 57.1 Å². The Bertz CT molecular complexity index is 1300. The van der Waals surface area contributed by atoms with Gasteiger partial charge in [-0.2, -0.15) is 0 Å². The van der Waals surface area contributed by atoms with Gasteiger partial charge in [0.2, 0.25) is 0 Å². The predicted molar refractivity (Wildman–Crippen MR) is 248 cm³/mol. The number of Topliss-reactive ketones (excluding diaryl/α,β-unsaturated/α-hetero) is 2. The smallest absolute Gasteiger partial charge is 0.309 e. The van der Waals surface area contributed by atoms with E-state index in [1.54, 1.807) is 20.8 Å². The summed E-state index contributed by atoms with van der Waals surface area (Å²) in [6.07, 6.45) is 17.7. The van der Waals surface area contributed by atoms with Crippen molar-refractivity contribution >= 4 is 29.5 Å². The van der Waals surface area contributed by atoms with E-state index in [2.05, 4.69) is 0 Å². The molecule has 0 saturated carbocycles. The van der Waals surface area contributed by atoms with Gasteiger partial charge in [0.05, 0.1) is 39.0 Å². The summed E-state index contributed by atoms with van der Waals surface area (Å²) in [6.45, 7) is 19.7. The summed E-state index contributed by atoms with van der Waals surface area (Å²) >= 11 is 0. The summed E-state index contributed by atoms with van der Waals surface area (Å²) in [7, 11) is 0. The van der Waals surface area contributed by atoms with Crippen molar-refractivity contribution in [2.45, 2.75) is 202 Å². The first kappa shape index (κ1) is 59.8. The largest absolute Gasteiger partial charge is 0.461 e. The first-order valence-corrected chi connectivity index (χ1v) is 24.0. The number of esters is 3. The molecule has 0 aliphatic rings. The average Bonchev–Trinajstić information content (AvgIpc) is 3.21. The third-order valence-electron chi connectivity index (χ3n) is 9.58. The Hall–Kier alpha value is -3.19. The van der Waals surface area contributed by atoms with Gasteiger partial charge >= 0.3 is 17.9 Å². The number of ether oxygens (including phenoxy) is 7. The summed E-state index contributed by atoms with van der Waals surface area (Å²) in [4.78, 5) is 60.3. The minimum Gasteiger partial charge on any atom is -0.461 e. The molecule has 12 nitrogen and oxygen atoms in total. The number of carbonyl (C=O) groups is 5. The zero-order valence-corrected chi connectivity index (χ0v) is 40.9. The first-order chi connectivity index (χ1) is 30.1. The molecular weight excluding hydrogens is 805 g/mol. The molecule has 0 heterocycles. The third kappa shape index (κ3) is 42.5. The minimum absolute atomic E-state index is 0.0357. The van der Waals surface area contributed by atoms with E-state index in [0.29, 0.717) is 71.3 Å². The fourth-order valence-electron chi connectivity index (χ4n) is 6.33. The predicted octanol–water partition coefficient (Wildman–Crippen LogP) is 11.1. The number of ketones is 2. The molecule has 0 N–H and O–H groups in total. The highest BCUT2D eigenvalue weighted by Crippen LogP contribution is 2.20. The molecule has 1 unspecified atom stereocenters. The van der Waals surface area contributed by atoms with Crippen LogP contribution in [-0.4, -0.2) is 93.5 Å². The zero-order valence-electron chi connectivity index (χ0n) is 40.9. The van der Waals surface area contributed by atoms with E-state index in [0.717, 1.165) is 37.9 Å². The molecule has 1 aromatic rings. The molecule has 0 aromatic heterocycles. The molecule has 0 spiro atoms. The van der Waals surface area contributed by atoms with Crippen LogP contribution in [0.1, 0.15) is 189 Å². The summed E-state index contributed by atoms with van der Waals surface area (Å²) in [5, 5.41) is 0. The van der Waals surface area contributed by atoms with E-state index in [9.17, 15) is 24.0 Å². The van der Waals surface area contributed by atoms with Gasteiger partial charge < -0.3 is 33.2 Å². The summed E-state index contributed by atoms with van der Waals surface area (Å²) in [5.41, 5.74) is -0.131. The van der Waals surface area contributed by atoms with Crippen molar-refractivity contribution in [3.8, 4) is 0 Å². The van der Waals surface area contributed by atoms with Crippen LogP contribution < -0.4 is 0 Å². The molecular formula is C51H88O12. The monoisotopic (exact) mass is 893 g/mol. The van der Waals surface area contributed by atoms with E-state index >= 15 is 0 Å². The molecule has 0 aliphatic carbocycles. The van der Waals surface area contributed by atoms with E-state index in [-0.39, 0.29) is 49.6 Å². The van der Waals surface area contributed by atoms with E-state index < -0.39 is 23.5 Å². The quantitative estimate of drug-likeness (QED) is 0.0353. The molecule has 1 rings (SSSR count). The van der Waals surface area contributed by atoms with Gasteiger partial charge in [-0.25, -0.2) is 0 Å². The van der Waals surface area contributed by atoms with Crippen molar-refractivity contribution in [2.24, 2.45) is 5.92 Å². The maximum Gasteiger partial charge on any atom is 0.309 e. The molecule has 1 atom stereocenters. The summed E-state index contributed by atoms with van der Waals surface area (Å²) in [6, 6.07) is 9.37. The second-order valence-electron chi connectivity index (χ2n) is 18.0. The molecule has 0 bridgehead atoms. The van der Waals surface area contributed by atoms with Gasteiger partial charge in [0.1, 0.15) is 29.4 Å². The molecule has 1 aromatic carbocycles. The zero-order chi connectivity index (χ0) is 47.0. The Balaban J connectivity index is 0.00000125. The van der Waals surface area contributed by atoms with E-state index in [1.165, 1.54) is 57.8 Å². The van der Waals surface area contributed by atoms with Crippen LogP contribution in [0.4, 0.5) is 0 Å². The van der Waals surface area contributed by atoms with Gasteiger partial charge in [0.25, 0.3) is 0 Å². The van der Waals surface area contributed by atoms with Crippen molar-refractivity contribution in [3.05, 3.63) is 35.9 Å². The topological polar surface area (TPSA) is 150 Å². The van der Waals surface area contributed by atoms with Crippen LogP contribution in [0.3, 0.4) is 0 Å². The van der Waals surface area contributed by atoms with Crippen molar-refractivity contribution in [3.63, 3.8) is 0 Å². The first-order valence-electron chi connectivity index (χ1n) is 24.0. The Morgan fingerprint density at radius 2 is 0.952 bits per heavy atom. The fraction of sp³-hybridized carbons (Fsp3) is 0.784. The number of carbonyl (C=O) groups excluding carboxylic acids is 5. The van der Waals surface area contributed by atoms with E-state index in [4.69, 9.17) is 33.2 Å². The highest BCUT2D eigenvalue weighted by Gasteiger charge is 2.28. The normalized spacial score (nSPS) is 11.9. The molecule has 0 amide bonds. The molecule has 364 valence electrons. The number of benzene rings is 1. The van der Waals surface area contributed by atoms with Gasteiger partial charge in [-0.1, -0.05) is 94.5 Å². The van der Waals surface area contributed by atoms with Crippen molar-refractivity contribution in [1.29, 1.82) is 0 Å². The number of hydrogen-bond acceptors (Lipinski definition) is 12. The summed E-state index contributed by atoms with van der Waals surface area (Å²) in [5.74, 6) is -1.32. The third-order valence-corrected chi connectivity index (χ3v) is 9.58. The van der Waals surface area contributed by atoms with Crippen molar-refractivity contribution in [1.82, 2.24) is 0 Å². The number of rotatable bonds is 38. The van der Waals surface area contributed by atoms with Crippen LogP contribution in [0.2, 0.25) is 0 Å². The van der Waals surface area contributed by atoms with Gasteiger partial charge in [0.15, 0.2) is 0 Å². The van der Waals surface area contributed by atoms with Crippen molar-refractivity contribution in [2.75, 3.05) is 52.9 Å². The maximum atomic E-state index is 12.5. The molecule has 0 radical (unpaired) electrons. The Morgan fingerprint density at radius 1 is 0.476 bits per heavy atom. The van der Waals surface area contributed by atoms with Crippen LogP contribution in [0.15, 0.2) is 30.3 Å². The van der Waals surface area contributed by atoms with Crippen LogP contribution in [0.25, 0.3) is 0 Å². The summed E-state index contributed by atoms with van der Waals surface area (Å²) < 4.78 is 37.3. The maximum absolute atomic E-state index is 12.5. The van der Waals surface area contributed by atoms with Gasteiger partial charge in [-0.3, -0.25) is 24.0 Å². The minimum atomic E-state index is -0.669.